The third-order valence-electron chi connectivity index (χ3n) is 4.81. The van der Waals surface area contributed by atoms with Crippen molar-refractivity contribution in [3.8, 4) is 0 Å². The standard InChI is InChI=1S/C23H24FN5O4S/c1-4-29-20(14(2)25-21(31)17-10-5-6-11-18(17)24)27-28-23(29)34-13-19(30)26-16-9-7-8-15(12-16)22(32)33-3/h5-12,14H,4,13H2,1-3H3,(H,25,31)(H,26,30)/t14-/m0/s1. The quantitative estimate of drug-likeness (QED) is 0.352. The first-order valence-electron chi connectivity index (χ1n) is 10.4. The third kappa shape index (κ3) is 5.98. The van der Waals surface area contributed by atoms with Crippen molar-refractivity contribution in [1.82, 2.24) is 20.1 Å². The van der Waals surface area contributed by atoms with Gasteiger partial charge in [-0.05, 0) is 44.2 Å². The molecule has 0 spiro atoms. The second kappa shape index (κ2) is 11.4. The summed E-state index contributed by atoms with van der Waals surface area (Å²) in [5.74, 6) is -1.41. The summed E-state index contributed by atoms with van der Waals surface area (Å²) in [5, 5.41) is 14.3. The molecule has 11 heteroatoms. The first-order valence-corrected chi connectivity index (χ1v) is 11.4. The maximum absolute atomic E-state index is 13.9. The molecule has 1 aromatic heterocycles. The van der Waals surface area contributed by atoms with E-state index < -0.39 is 23.7 Å². The van der Waals surface area contributed by atoms with Crippen LogP contribution >= 0.6 is 11.8 Å². The smallest absolute Gasteiger partial charge is 0.337 e. The van der Waals surface area contributed by atoms with E-state index in [2.05, 4.69) is 25.6 Å². The number of aromatic nitrogens is 3. The van der Waals surface area contributed by atoms with Crippen LogP contribution in [0.3, 0.4) is 0 Å². The number of thioether (sulfide) groups is 1. The average molecular weight is 486 g/mol. The van der Waals surface area contributed by atoms with Crippen molar-refractivity contribution in [2.75, 3.05) is 18.2 Å². The van der Waals surface area contributed by atoms with Gasteiger partial charge in [-0.25, -0.2) is 9.18 Å². The molecule has 178 valence electrons. The molecule has 0 unspecified atom stereocenters. The Labute approximate surface area is 200 Å². The van der Waals surface area contributed by atoms with Crippen LogP contribution in [0.1, 0.15) is 46.4 Å². The van der Waals surface area contributed by atoms with E-state index in [1.165, 1.54) is 43.1 Å². The predicted molar refractivity (Wildman–Crippen MR) is 125 cm³/mol. The first-order chi connectivity index (χ1) is 16.3. The van der Waals surface area contributed by atoms with Crippen LogP contribution in [0.5, 0.6) is 0 Å². The molecule has 0 saturated carbocycles. The minimum atomic E-state index is -0.608. The summed E-state index contributed by atoms with van der Waals surface area (Å²) in [6.45, 7) is 4.12. The Hall–Kier alpha value is -3.73. The number of esters is 1. The lowest BCUT2D eigenvalue weighted by Crippen LogP contribution is -2.29. The minimum absolute atomic E-state index is 0.0521. The zero-order chi connectivity index (χ0) is 24.7. The summed E-state index contributed by atoms with van der Waals surface area (Å²) < 4.78 is 20.4. The molecule has 2 aromatic carbocycles. The first kappa shape index (κ1) is 24.9. The molecule has 0 fully saturated rings. The lowest BCUT2D eigenvalue weighted by Gasteiger charge is -2.15. The summed E-state index contributed by atoms with van der Waals surface area (Å²) in [6, 6.07) is 11.6. The lowest BCUT2D eigenvalue weighted by molar-refractivity contribution is -0.113. The van der Waals surface area contributed by atoms with Crippen molar-refractivity contribution >= 4 is 35.2 Å². The molecule has 2 N–H and O–H groups in total. The van der Waals surface area contributed by atoms with Gasteiger partial charge in [0.25, 0.3) is 5.91 Å². The number of amides is 2. The molecule has 0 aliphatic heterocycles. The van der Waals surface area contributed by atoms with Crippen molar-refractivity contribution in [3.05, 3.63) is 71.3 Å². The van der Waals surface area contributed by atoms with Crippen LogP contribution in [-0.4, -0.2) is 45.4 Å². The van der Waals surface area contributed by atoms with Crippen LogP contribution < -0.4 is 10.6 Å². The zero-order valence-corrected chi connectivity index (χ0v) is 19.7. The lowest BCUT2D eigenvalue weighted by atomic mass is 10.2. The molecule has 9 nitrogen and oxygen atoms in total. The molecule has 1 heterocycles. The molecule has 0 saturated heterocycles. The fourth-order valence-corrected chi connectivity index (χ4v) is 3.99. The average Bonchev–Trinajstić information content (AvgIpc) is 3.25. The second-order valence-electron chi connectivity index (χ2n) is 7.17. The van der Waals surface area contributed by atoms with E-state index in [9.17, 15) is 18.8 Å². The van der Waals surface area contributed by atoms with Gasteiger partial charge < -0.3 is 19.9 Å². The van der Waals surface area contributed by atoms with Crippen LogP contribution in [0.15, 0.2) is 53.7 Å². The van der Waals surface area contributed by atoms with Gasteiger partial charge in [-0.2, -0.15) is 0 Å². The number of ether oxygens (including phenoxy) is 1. The van der Waals surface area contributed by atoms with Gasteiger partial charge in [0.15, 0.2) is 11.0 Å². The summed E-state index contributed by atoms with van der Waals surface area (Å²) in [6.07, 6.45) is 0. The fraction of sp³-hybridized carbons (Fsp3) is 0.261. The Bertz CT molecular complexity index is 1200. The van der Waals surface area contributed by atoms with Gasteiger partial charge in [-0.1, -0.05) is 30.0 Å². The second-order valence-corrected chi connectivity index (χ2v) is 8.11. The summed E-state index contributed by atoms with van der Waals surface area (Å²) in [7, 11) is 1.29. The highest BCUT2D eigenvalue weighted by atomic mass is 32.2. The molecular formula is C23H24FN5O4S. The largest absolute Gasteiger partial charge is 0.465 e. The van der Waals surface area contributed by atoms with E-state index in [0.29, 0.717) is 28.8 Å². The summed E-state index contributed by atoms with van der Waals surface area (Å²) in [4.78, 5) is 36.5. The highest BCUT2D eigenvalue weighted by Gasteiger charge is 2.21. The fourth-order valence-electron chi connectivity index (χ4n) is 3.18. The van der Waals surface area contributed by atoms with Gasteiger partial charge >= 0.3 is 5.97 Å². The van der Waals surface area contributed by atoms with Gasteiger partial charge in [-0.3, -0.25) is 9.59 Å². The number of halogens is 1. The number of nitrogens with one attached hydrogen (secondary N) is 2. The van der Waals surface area contributed by atoms with Gasteiger partial charge in [0.05, 0.1) is 30.0 Å². The molecule has 2 amide bonds. The summed E-state index contributed by atoms with van der Waals surface area (Å²) >= 11 is 1.18. The highest BCUT2D eigenvalue weighted by Crippen LogP contribution is 2.22. The number of rotatable bonds is 9. The molecular weight excluding hydrogens is 461 g/mol. The van der Waals surface area contributed by atoms with E-state index >= 15 is 0 Å². The van der Waals surface area contributed by atoms with Gasteiger partial charge in [0, 0.05) is 12.2 Å². The number of benzene rings is 2. The van der Waals surface area contributed by atoms with Crippen molar-refractivity contribution < 1.29 is 23.5 Å². The number of hydrogen-bond acceptors (Lipinski definition) is 7. The Balaban J connectivity index is 1.63. The molecule has 1 atom stereocenters. The molecule has 3 rings (SSSR count). The molecule has 3 aromatic rings. The molecule has 0 aliphatic carbocycles. The molecule has 34 heavy (non-hydrogen) atoms. The Morgan fingerprint density at radius 2 is 1.91 bits per heavy atom. The van der Waals surface area contributed by atoms with E-state index in [1.807, 2.05) is 6.92 Å². The highest BCUT2D eigenvalue weighted by molar-refractivity contribution is 7.99. The minimum Gasteiger partial charge on any atom is -0.465 e. The SMILES string of the molecule is CCn1c(SCC(=O)Nc2cccc(C(=O)OC)c2)nnc1[C@H](C)NC(=O)c1ccccc1F. The van der Waals surface area contributed by atoms with Crippen LogP contribution in [-0.2, 0) is 16.1 Å². The molecule has 0 radical (unpaired) electrons. The van der Waals surface area contributed by atoms with Gasteiger partial charge in [0.2, 0.25) is 5.91 Å². The van der Waals surface area contributed by atoms with Crippen molar-refractivity contribution in [2.45, 2.75) is 31.6 Å². The van der Waals surface area contributed by atoms with Crippen molar-refractivity contribution in [1.29, 1.82) is 0 Å². The van der Waals surface area contributed by atoms with E-state index in [4.69, 9.17) is 0 Å². The summed E-state index contributed by atoms with van der Waals surface area (Å²) in [5.41, 5.74) is 0.741. The van der Waals surface area contributed by atoms with E-state index in [1.54, 1.807) is 35.8 Å². The Morgan fingerprint density at radius 3 is 2.62 bits per heavy atom. The van der Waals surface area contributed by atoms with Crippen LogP contribution in [0.25, 0.3) is 0 Å². The number of carbonyl (C=O) groups is 3. The topological polar surface area (TPSA) is 115 Å². The van der Waals surface area contributed by atoms with Crippen LogP contribution in [0, 0.1) is 5.82 Å². The number of carbonyl (C=O) groups excluding carboxylic acids is 3. The number of anilines is 1. The number of methoxy groups -OCH3 is 1. The van der Waals surface area contributed by atoms with E-state index in [-0.39, 0.29) is 17.2 Å². The van der Waals surface area contributed by atoms with Gasteiger partial charge in [0.1, 0.15) is 5.82 Å². The zero-order valence-electron chi connectivity index (χ0n) is 18.9. The monoisotopic (exact) mass is 485 g/mol. The Kier molecular flexibility index (Phi) is 8.36. The number of nitrogens with zero attached hydrogens (tertiary/aromatic N) is 3. The van der Waals surface area contributed by atoms with E-state index in [0.717, 1.165) is 0 Å². The van der Waals surface area contributed by atoms with Crippen LogP contribution in [0.2, 0.25) is 0 Å². The van der Waals surface area contributed by atoms with Crippen molar-refractivity contribution in [2.24, 2.45) is 0 Å². The maximum Gasteiger partial charge on any atom is 0.337 e. The van der Waals surface area contributed by atoms with Gasteiger partial charge in [-0.15, -0.1) is 10.2 Å². The normalized spacial score (nSPS) is 11.5. The Morgan fingerprint density at radius 1 is 1.15 bits per heavy atom. The predicted octanol–water partition coefficient (Wildman–Crippen LogP) is 3.45. The molecule has 0 aliphatic rings. The number of hydrogen-bond donors (Lipinski definition) is 2. The maximum atomic E-state index is 13.9. The van der Waals surface area contributed by atoms with Crippen LogP contribution in [0.4, 0.5) is 10.1 Å². The molecule has 0 bridgehead atoms. The van der Waals surface area contributed by atoms with Crippen molar-refractivity contribution in [3.63, 3.8) is 0 Å². The third-order valence-corrected chi connectivity index (χ3v) is 5.78.